The van der Waals surface area contributed by atoms with Crippen LogP contribution in [0.4, 0.5) is 0 Å². The van der Waals surface area contributed by atoms with Crippen molar-refractivity contribution in [3.05, 3.63) is 29.4 Å². The number of hydrogen-bond donors (Lipinski definition) is 1. The van der Waals surface area contributed by atoms with Crippen molar-refractivity contribution in [3.63, 3.8) is 0 Å². The Bertz CT molecular complexity index is 584. The minimum absolute atomic E-state index is 0.342. The molecule has 106 valence electrons. The summed E-state index contributed by atoms with van der Waals surface area (Å²) >= 11 is 6.12. The molecule has 1 aromatic heterocycles. The predicted molar refractivity (Wildman–Crippen MR) is 80.3 cm³/mol. The van der Waals surface area contributed by atoms with Crippen molar-refractivity contribution < 1.29 is 4.74 Å². The van der Waals surface area contributed by atoms with Crippen LogP contribution in [-0.4, -0.2) is 29.7 Å². The minimum atomic E-state index is 0.342. The zero-order chi connectivity index (χ0) is 13.8. The molecule has 0 unspecified atom stereocenters. The van der Waals surface area contributed by atoms with Crippen LogP contribution in [0.15, 0.2) is 24.3 Å². The average Bonchev–Trinajstić information content (AvgIpc) is 2.49. The third-order valence-corrected chi connectivity index (χ3v) is 3.97. The van der Waals surface area contributed by atoms with Gasteiger partial charge in [-0.3, -0.25) is 0 Å². The van der Waals surface area contributed by atoms with Crippen LogP contribution in [0.1, 0.15) is 19.3 Å². The van der Waals surface area contributed by atoms with Crippen LogP contribution < -0.4 is 10.1 Å². The molecule has 1 N–H and O–H groups in total. The van der Waals surface area contributed by atoms with Gasteiger partial charge >= 0.3 is 0 Å². The lowest BCUT2D eigenvalue weighted by atomic mass is 9.95. The highest BCUT2D eigenvalue weighted by Crippen LogP contribution is 2.24. The number of piperidine rings is 1. The number of benzene rings is 1. The van der Waals surface area contributed by atoms with Crippen LogP contribution in [-0.2, 0) is 0 Å². The summed E-state index contributed by atoms with van der Waals surface area (Å²) < 4.78 is 5.72. The summed E-state index contributed by atoms with van der Waals surface area (Å²) in [5.41, 5.74) is 1.61. The van der Waals surface area contributed by atoms with Crippen LogP contribution >= 0.6 is 11.6 Å². The number of fused-ring (bicyclic) bond motifs is 1. The van der Waals surface area contributed by atoms with E-state index in [0.29, 0.717) is 17.6 Å². The fourth-order valence-corrected chi connectivity index (χ4v) is 2.73. The number of rotatable bonds is 4. The first-order valence-electron chi connectivity index (χ1n) is 7.09. The predicted octanol–water partition coefficient (Wildman–Crippen LogP) is 3.05. The topological polar surface area (TPSA) is 47.0 Å². The quantitative estimate of drug-likeness (QED) is 0.940. The van der Waals surface area contributed by atoms with E-state index < -0.39 is 0 Å². The van der Waals surface area contributed by atoms with Gasteiger partial charge in [0.25, 0.3) is 5.88 Å². The molecule has 0 saturated carbocycles. The molecule has 0 atom stereocenters. The minimum Gasteiger partial charge on any atom is -0.475 e. The molecular formula is C15H18ClN3O. The fourth-order valence-electron chi connectivity index (χ4n) is 2.55. The molecule has 5 heteroatoms. The van der Waals surface area contributed by atoms with Crippen molar-refractivity contribution in [2.75, 3.05) is 19.7 Å². The van der Waals surface area contributed by atoms with Gasteiger partial charge in [0.05, 0.1) is 17.6 Å². The average molecular weight is 292 g/mol. The van der Waals surface area contributed by atoms with Gasteiger partial charge in [0.15, 0.2) is 5.15 Å². The second kappa shape index (κ2) is 6.37. The molecule has 3 rings (SSSR count). The Morgan fingerprint density at radius 3 is 2.60 bits per heavy atom. The Labute approximate surface area is 123 Å². The van der Waals surface area contributed by atoms with Crippen molar-refractivity contribution in [2.45, 2.75) is 19.3 Å². The summed E-state index contributed by atoms with van der Waals surface area (Å²) in [6.07, 6.45) is 3.49. The second-order valence-electron chi connectivity index (χ2n) is 5.14. The summed E-state index contributed by atoms with van der Waals surface area (Å²) in [6, 6.07) is 7.67. The van der Waals surface area contributed by atoms with Gasteiger partial charge in [-0.2, -0.15) is 0 Å². The lowest BCUT2D eigenvalue weighted by Gasteiger charge is -2.22. The highest BCUT2D eigenvalue weighted by atomic mass is 35.5. The van der Waals surface area contributed by atoms with E-state index in [2.05, 4.69) is 15.3 Å². The van der Waals surface area contributed by atoms with Gasteiger partial charge in [-0.25, -0.2) is 9.97 Å². The van der Waals surface area contributed by atoms with Crippen molar-refractivity contribution in [1.29, 1.82) is 0 Å². The molecule has 1 fully saturated rings. The smallest absolute Gasteiger partial charge is 0.252 e. The van der Waals surface area contributed by atoms with Crippen LogP contribution in [0.5, 0.6) is 5.88 Å². The lowest BCUT2D eigenvalue weighted by molar-refractivity contribution is 0.245. The largest absolute Gasteiger partial charge is 0.475 e. The Morgan fingerprint density at radius 1 is 1.15 bits per heavy atom. The number of para-hydroxylation sites is 2. The molecule has 20 heavy (non-hydrogen) atoms. The summed E-state index contributed by atoms with van der Waals surface area (Å²) in [6.45, 7) is 2.87. The molecule has 0 radical (unpaired) electrons. The Balaban J connectivity index is 1.63. The van der Waals surface area contributed by atoms with Crippen LogP contribution in [0.2, 0.25) is 5.15 Å². The Hall–Kier alpha value is -1.39. The molecule has 1 aromatic carbocycles. The number of aromatic nitrogens is 2. The summed E-state index contributed by atoms with van der Waals surface area (Å²) in [7, 11) is 0. The third kappa shape index (κ3) is 3.19. The van der Waals surface area contributed by atoms with Gasteiger partial charge in [-0.05, 0) is 50.4 Å². The number of nitrogens with zero attached hydrogens (tertiary/aromatic N) is 2. The monoisotopic (exact) mass is 291 g/mol. The molecule has 0 spiro atoms. The number of ether oxygens (including phenoxy) is 1. The van der Waals surface area contributed by atoms with E-state index in [-0.39, 0.29) is 0 Å². The van der Waals surface area contributed by atoms with Gasteiger partial charge in [-0.15, -0.1) is 0 Å². The fraction of sp³-hybridized carbons (Fsp3) is 0.467. The van der Waals surface area contributed by atoms with E-state index >= 15 is 0 Å². The van der Waals surface area contributed by atoms with Gasteiger partial charge in [0.2, 0.25) is 0 Å². The molecule has 0 amide bonds. The van der Waals surface area contributed by atoms with E-state index in [1.165, 1.54) is 12.8 Å². The van der Waals surface area contributed by atoms with Crippen LogP contribution in [0.25, 0.3) is 11.0 Å². The lowest BCUT2D eigenvalue weighted by Crippen LogP contribution is -2.28. The number of nitrogens with one attached hydrogen (secondary N) is 1. The maximum Gasteiger partial charge on any atom is 0.252 e. The van der Waals surface area contributed by atoms with Crippen molar-refractivity contribution in [1.82, 2.24) is 15.3 Å². The Morgan fingerprint density at radius 2 is 1.85 bits per heavy atom. The molecular weight excluding hydrogens is 274 g/mol. The SMILES string of the molecule is Clc1nc2ccccc2nc1OCCC1CCNCC1. The maximum atomic E-state index is 6.12. The summed E-state index contributed by atoms with van der Waals surface area (Å²) in [4.78, 5) is 8.74. The van der Waals surface area contributed by atoms with Gasteiger partial charge in [0, 0.05) is 0 Å². The molecule has 4 nitrogen and oxygen atoms in total. The molecule has 1 aliphatic heterocycles. The van der Waals surface area contributed by atoms with E-state index in [1.54, 1.807) is 0 Å². The van der Waals surface area contributed by atoms with E-state index in [4.69, 9.17) is 16.3 Å². The molecule has 0 aliphatic carbocycles. The highest BCUT2D eigenvalue weighted by Gasteiger charge is 2.14. The second-order valence-corrected chi connectivity index (χ2v) is 5.50. The molecule has 0 bridgehead atoms. The van der Waals surface area contributed by atoms with E-state index in [0.717, 1.165) is 36.5 Å². The van der Waals surface area contributed by atoms with Crippen molar-refractivity contribution in [2.24, 2.45) is 5.92 Å². The molecule has 2 heterocycles. The van der Waals surface area contributed by atoms with E-state index in [1.807, 2.05) is 24.3 Å². The van der Waals surface area contributed by atoms with Crippen molar-refractivity contribution >= 4 is 22.6 Å². The molecule has 2 aromatic rings. The summed E-state index contributed by atoms with van der Waals surface area (Å²) in [5.74, 6) is 1.18. The molecule has 1 aliphatic rings. The zero-order valence-corrected chi connectivity index (χ0v) is 12.1. The molecule has 1 saturated heterocycles. The standard InChI is InChI=1S/C15H18ClN3O/c16-14-15(19-13-4-2-1-3-12(13)18-14)20-10-7-11-5-8-17-9-6-11/h1-4,11,17H,5-10H2. The first kappa shape index (κ1) is 13.6. The Kier molecular flexibility index (Phi) is 4.33. The van der Waals surface area contributed by atoms with Crippen LogP contribution in [0, 0.1) is 5.92 Å². The normalized spacial score (nSPS) is 16.4. The van der Waals surface area contributed by atoms with Crippen molar-refractivity contribution in [3.8, 4) is 5.88 Å². The first-order valence-corrected chi connectivity index (χ1v) is 7.46. The number of halogens is 1. The first-order chi connectivity index (χ1) is 9.83. The third-order valence-electron chi connectivity index (χ3n) is 3.72. The van der Waals surface area contributed by atoms with E-state index in [9.17, 15) is 0 Å². The maximum absolute atomic E-state index is 6.12. The zero-order valence-electron chi connectivity index (χ0n) is 11.3. The van der Waals surface area contributed by atoms with Crippen LogP contribution in [0.3, 0.4) is 0 Å². The number of hydrogen-bond acceptors (Lipinski definition) is 4. The highest BCUT2D eigenvalue weighted by molar-refractivity contribution is 6.31. The van der Waals surface area contributed by atoms with Gasteiger partial charge in [-0.1, -0.05) is 23.7 Å². The van der Waals surface area contributed by atoms with Gasteiger partial charge in [0.1, 0.15) is 0 Å². The van der Waals surface area contributed by atoms with Gasteiger partial charge < -0.3 is 10.1 Å². The summed E-state index contributed by atoms with van der Waals surface area (Å²) in [5, 5.41) is 3.71.